The molecule has 5 heteroatoms. The molecule has 274 valence electrons. The Labute approximate surface area is 336 Å². The number of aromatic nitrogens is 5. The first-order valence-corrected chi connectivity index (χ1v) is 19.7. The molecule has 0 aliphatic rings. The smallest absolute Gasteiger partial charge is 0.238 e. The molecule has 0 saturated carbocycles. The lowest BCUT2D eigenvalue weighted by molar-refractivity contribution is 0.953. The predicted octanol–water partition coefficient (Wildman–Crippen LogP) is 13.4. The van der Waals surface area contributed by atoms with Gasteiger partial charge < -0.3 is 4.57 Å². The van der Waals surface area contributed by atoms with Gasteiger partial charge in [-0.25, -0.2) is 4.98 Å². The van der Waals surface area contributed by atoms with Gasteiger partial charge in [0.25, 0.3) is 0 Å². The lowest BCUT2D eigenvalue weighted by Gasteiger charge is -2.11. The molecule has 0 bridgehead atoms. The van der Waals surface area contributed by atoms with Gasteiger partial charge in [-0.15, -0.1) is 0 Å². The molecule has 11 aromatic rings. The van der Waals surface area contributed by atoms with Crippen LogP contribution in [0, 0.1) is 13.8 Å². The van der Waals surface area contributed by atoms with Crippen LogP contribution in [0.5, 0.6) is 0 Å². The molecule has 0 spiro atoms. The summed E-state index contributed by atoms with van der Waals surface area (Å²) in [5, 5.41) is 4.86. The number of nitrogens with zero attached hydrogens (tertiary/aromatic N) is 5. The molecule has 3 aromatic heterocycles. The zero-order valence-corrected chi connectivity index (χ0v) is 32.1. The van der Waals surface area contributed by atoms with Crippen LogP contribution in [-0.2, 0) is 0 Å². The van der Waals surface area contributed by atoms with Gasteiger partial charge in [-0.3, -0.25) is 4.57 Å². The van der Waals surface area contributed by atoms with Crippen molar-refractivity contribution < 1.29 is 0 Å². The predicted molar refractivity (Wildman–Crippen MR) is 240 cm³/mol. The molecular weight excluding hydrogens is 707 g/mol. The second kappa shape index (κ2) is 13.5. The zero-order valence-electron chi connectivity index (χ0n) is 32.1. The maximum atomic E-state index is 5.14. The van der Waals surface area contributed by atoms with E-state index in [0.717, 1.165) is 38.7 Å². The minimum Gasteiger partial charge on any atom is -0.309 e. The van der Waals surface area contributed by atoms with Gasteiger partial charge in [0.2, 0.25) is 5.95 Å². The lowest BCUT2D eigenvalue weighted by Crippen LogP contribution is -2.06. The Morgan fingerprint density at radius 2 is 0.845 bits per heavy atom. The van der Waals surface area contributed by atoms with Crippen molar-refractivity contribution in [2.75, 3.05) is 0 Å². The number of aryl methyl sites for hydroxylation is 2. The average Bonchev–Trinajstić information content (AvgIpc) is 3.79. The number of hydrogen-bond donors (Lipinski definition) is 0. The molecule has 5 nitrogen and oxygen atoms in total. The van der Waals surface area contributed by atoms with Gasteiger partial charge >= 0.3 is 0 Å². The normalized spacial score (nSPS) is 11.6. The lowest BCUT2D eigenvalue weighted by atomic mass is 9.97. The number of para-hydroxylation sites is 2. The van der Waals surface area contributed by atoms with Gasteiger partial charge in [0.05, 0.1) is 22.1 Å². The van der Waals surface area contributed by atoms with Crippen molar-refractivity contribution in [2.24, 2.45) is 0 Å². The molecule has 0 atom stereocenters. The highest BCUT2D eigenvalue weighted by Crippen LogP contribution is 2.39. The fourth-order valence-corrected chi connectivity index (χ4v) is 8.69. The molecule has 0 aliphatic carbocycles. The highest BCUT2D eigenvalue weighted by molar-refractivity contribution is 6.12. The minimum absolute atomic E-state index is 0.596. The standard InChI is InChI=1S/C53H37N5/c1-34-30-35(2)50-45-33-41(27-29-48(45)58(49(50)31-34)53-55-51(38-14-6-3-7-15-38)54-52(56-53)39-16-8-4-9-17-39)37-24-22-36(23-25-37)40-26-28-47-44(32-40)43-20-12-13-21-46(43)57(47)42-18-10-5-11-19-42/h3-33H,1-2H3. The van der Waals surface area contributed by atoms with Crippen LogP contribution in [0.1, 0.15) is 11.1 Å². The first-order chi connectivity index (χ1) is 28.6. The Morgan fingerprint density at radius 3 is 1.47 bits per heavy atom. The van der Waals surface area contributed by atoms with E-state index in [1.54, 1.807) is 0 Å². The highest BCUT2D eigenvalue weighted by Gasteiger charge is 2.20. The fraction of sp³-hybridized carbons (Fsp3) is 0.0377. The maximum absolute atomic E-state index is 5.14. The van der Waals surface area contributed by atoms with Crippen molar-refractivity contribution in [1.29, 1.82) is 0 Å². The third kappa shape index (κ3) is 5.59. The van der Waals surface area contributed by atoms with Gasteiger partial charge in [-0.1, -0.05) is 140 Å². The van der Waals surface area contributed by atoms with E-state index in [9.17, 15) is 0 Å². The number of benzene rings is 8. The summed E-state index contributed by atoms with van der Waals surface area (Å²) in [6.45, 7) is 4.35. The molecule has 11 rings (SSSR count). The Bertz CT molecular complexity index is 3270. The summed E-state index contributed by atoms with van der Waals surface area (Å²) in [5.74, 6) is 1.88. The van der Waals surface area contributed by atoms with Crippen molar-refractivity contribution in [3.05, 3.63) is 199 Å². The summed E-state index contributed by atoms with van der Waals surface area (Å²) < 4.78 is 4.57. The van der Waals surface area contributed by atoms with Crippen molar-refractivity contribution in [2.45, 2.75) is 13.8 Å². The molecule has 58 heavy (non-hydrogen) atoms. The van der Waals surface area contributed by atoms with Crippen LogP contribution < -0.4 is 0 Å². The molecular formula is C53H37N5. The summed E-state index contributed by atoms with van der Waals surface area (Å²) in [5.41, 5.74) is 14.7. The molecule has 0 radical (unpaired) electrons. The van der Waals surface area contributed by atoms with Crippen LogP contribution in [0.2, 0.25) is 0 Å². The van der Waals surface area contributed by atoms with E-state index in [0.29, 0.717) is 17.6 Å². The summed E-state index contributed by atoms with van der Waals surface area (Å²) in [4.78, 5) is 15.3. The molecule has 8 aromatic carbocycles. The monoisotopic (exact) mass is 743 g/mol. The molecule has 0 saturated heterocycles. The Balaban J connectivity index is 1.02. The summed E-state index contributed by atoms with van der Waals surface area (Å²) in [7, 11) is 0. The van der Waals surface area contributed by atoms with Crippen molar-refractivity contribution >= 4 is 43.6 Å². The van der Waals surface area contributed by atoms with Gasteiger partial charge in [0.1, 0.15) is 0 Å². The van der Waals surface area contributed by atoms with E-state index < -0.39 is 0 Å². The van der Waals surface area contributed by atoms with Crippen molar-refractivity contribution in [3.63, 3.8) is 0 Å². The first-order valence-electron chi connectivity index (χ1n) is 19.7. The van der Waals surface area contributed by atoms with E-state index in [2.05, 4.69) is 175 Å². The number of hydrogen-bond acceptors (Lipinski definition) is 3. The second-order valence-corrected chi connectivity index (χ2v) is 15.1. The summed E-state index contributed by atoms with van der Waals surface area (Å²) >= 11 is 0. The summed E-state index contributed by atoms with van der Waals surface area (Å²) in [6.07, 6.45) is 0. The van der Waals surface area contributed by atoms with Crippen molar-refractivity contribution in [1.82, 2.24) is 24.1 Å². The van der Waals surface area contributed by atoms with E-state index in [1.165, 1.54) is 55.1 Å². The van der Waals surface area contributed by atoms with E-state index >= 15 is 0 Å². The van der Waals surface area contributed by atoms with Crippen molar-refractivity contribution in [3.8, 4) is 56.7 Å². The van der Waals surface area contributed by atoms with Crippen LogP contribution >= 0.6 is 0 Å². The third-order valence-corrected chi connectivity index (χ3v) is 11.3. The Hall–Kier alpha value is -7.63. The maximum Gasteiger partial charge on any atom is 0.238 e. The second-order valence-electron chi connectivity index (χ2n) is 15.1. The Morgan fingerprint density at radius 1 is 0.345 bits per heavy atom. The average molecular weight is 744 g/mol. The molecule has 0 unspecified atom stereocenters. The quantitative estimate of drug-likeness (QED) is 0.170. The topological polar surface area (TPSA) is 48.5 Å². The molecule has 0 amide bonds. The van der Waals surface area contributed by atoms with Gasteiger partial charge in [0.15, 0.2) is 11.6 Å². The van der Waals surface area contributed by atoms with E-state index in [4.69, 9.17) is 15.0 Å². The largest absolute Gasteiger partial charge is 0.309 e. The number of fused-ring (bicyclic) bond motifs is 6. The SMILES string of the molecule is Cc1cc(C)c2c3cc(-c4ccc(-c5ccc6c(c5)c5ccccc5n6-c5ccccc5)cc4)ccc3n(-c3nc(-c4ccccc4)nc(-c4ccccc4)n3)c2c1. The third-order valence-electron chi connectivity index (χ3n) is 11.3. The fourth-order valence-electron chi connectivity index (χ4n) is 8.69. The van der Waals surface area contributed by atoms with E-state index in [-0.39, 0.29) is 0 Å². The summed E-state index contributed by atoms with van der Waals surface area (Å²) in [6, 6.07) is 66.7. The van der Waals surface area contributed by atoms with Crippen LogP contribution in [0.4, 0.5) is 0 Å². The van der Waals surface area contributed by atoms with Gasteiger partial charge in [-0.2, -0.15) is 9.97 Å². The highest BCUT2D eigenvalue weighted by atomic mass is 15.2. The molecule has 3 heterocycles. The first kappa shape index (κ1) is 33.7. The van der Waals surface area contributed by atoms with Crippen LogP contribution in [0.15, 0.2) is 188 Å². The minimum atomic E-state index is 0.596. The zero-order chi connectivity index (χ0) is 38.7. The van der Waals surface area contributed by atoms with Crippen LogP contribution in [-0.4, -0.2) is 24.1 Å². The van der Waals surface area contributed by atoms with Gasteiger partial charge in [-0.05, 0) is 95.8 Å². The number of rotatable bonds is 6. The van der Waals surface area contributed by atoms with Gasteiger partial charge in [0, 0.05) is 38.4 Å². The van der Waals surface area contributed by atoms with Crippen LogP contribution in [0.25, 0.3) is 100 Å². The Kier molecular flexibility index (Phi) is 7.86. The molecule has 0 aliphatic heterocycles. The molecule has 0 fully saturated rings. The van der Waals surface area contributed by atoms with E-state index in [1.807, 2.05) is 36.4 Å². The van der Waals surface area contributed by atoms with Crippen LogP contribution in [0.3, 0.4) is 0 Å². The molecule has 0 N–H and O–H groups in total.